The number of phenolic OH excluding ortho intramolecular Hbond substituents is 1. The van der Waals surface area contributed by atoms with Crippen LogP contribution in [-0.2, 0) is 41.6 Å². The fourth-order valence-electron chi connectivity index (χ4n) is 7.25. The van der Waals surface area contributed by atoms with Gasteiger partial charge in [0.25, 0.3) is 5.91 Å². The van der Waals surface area contributed by atoms with E-state index in [9.17, 15) is 24.3 Å². The molecule has 286 valence electrons. The molecule has 3 aliphatic heterocycles. The average Bonchev–Trinajstić information content (AvgIpc) is 3.50. The number of rotatable bonds is 18. The molecule has 3 aromatic rings. The number of hydrogen-bond donors (Lipinski definition) is 3. The fourth-order valence-corrected chi connectivity index (χ4v) is 7.25. The summed E-state index contributed by atoms with van der Waals surface area (Å²) in [5.41, 5.74) is 10.8. The molecule has 4 heterocycles. The van der Waals surface area contributed by atoms with E-state index in [0.29, 0.717) is 100 Å². The molecule has 14 nitrogen and oxygen atoms in total. The van der Waals surface area contributed by atoms with Gasteiger partial charge in [-0.2, -0.15) is 0 Å². The lowest BCUT2D eigenvalue weighted by atomic mass is 9.90. The van der Waals surface area contributed by atoms with Gasteiger partial charge in [-0.3, -0.25) is 19.2 Å². The zero-order chi connectivity index (χ0) is 38.0. The van der Waals surface area contributed by atoms with Gasteiger partial charge in [-0.05, 0) is 67.5 Å². The standard InChI is InChI=1S/C40H48N6O8/c1-26-11-12-34(39(50)42-26)46-24-32-28(6-4-8-30(32)40(46)51)22-29(47)25-54-21-20-53-19-18-52-17-5-10-36(48)27-13-15-45(16-14-27)35-23-33(43-44-38(35)41)31-7-2-3-9-37(31)49/h2-4,6-9,23,27,34,49H,1,5,10-22,24-25H2,(H2,41,44)(H,42,50). The van der Waals surface area contributed by atoms with E-state index in [2.05, 4.69) is 27.0 Å². The monoisotopic (exact) mass is 740 g/mol. The third-order valence-electron chi connectivity index (χ3n) is 10.2. The molecule has 0 radical (unpaired) electrons. The minimum atomic E-state index is -0.551. The topological polar surface area (TPSA) is 187 Å². The Bertz CT molecular complexity index is 1860. The van der Waals surface area contributed by atoms with Gasteiger partial charge in [-0.1, -0.05) is 30.8 Å². The number of hydrogen-bond acceptors (Lipinski definition) is 12. The van der Waals surface area contributed by atoms with Gasteiger partial charge in [0.1, 0.15) is 24.2 Å². The zero-order valence-electron chi connectivity index (χ0n) is 30.5. The second-order valence-electron chi connectivity index (χ2n) is 13.9. The number of carbonyl (C=O) groups excluding carboxylic acids is 4. The molecule has 2 fully saturated rings. The third kappa shape index (κ3) is 9.48. The SMILES string of the molecule is C=C1CCC(N2Cc3c(CC(=O)COCCOCCOCCCC(=O)C4CCN(c5cc(-c6ccccc6O)nnc5N)CC4)cccc3C2=O)C(=O)N1. The Balaban J connectivity index is 0.801. The van der Waals surface area contributed by atoms with Crippen LogP contribution in [0.1, 0.15) is 60.0 Å². The van der Waals surface area contributed by atoms with Gasteiger partial charge in [0.05, 0.1) is 37.8 Å². The zero-order valence-corrected chi connectivity index (χ0v) is 30.5. The summed E-state index contributed by atoms with van der Waals surface area (Å²) in [6, 6.07) is 13.6. The summed E-state index contributed by atoms with van der Waals surface area (Å²) in [6.07, 6.45) is 3.82. The first-order valence-corrected chi connectivity index (χ1v) is 18.5. The van der Waals surface area contributed by atoms with Crippen molar-refractivity contribution >= 4 is 34.9 Å². The molecule has 0 spiro atoms. The van der Waals surface area contributed by atoms with Gasteiger partial charge in [-0.15, -0.1) is 10.2 Å². The summed E-state index contributed by atoms with van der Waals surface area (Å²) < 4.78 is 16.7. The van der Waals surface area contributed by atoms with Crippen molar-refractivity contribution in [2.24, 2.45) is 5.92 Å². The number of nitrogens with zero attached hydrogens (tertiary/aromatic N) is 4. The maximum atomic E-state index is 13.1. The minimum absolute atomic E-state index is 0.00863. The number of aromatic nitrogens is 2. The lowest BCUT2D eigenvalue weighted by molar-refractivity contribution is -0.126. The van der Waals surface area contributed by atoms with Crippen molar-refractivity contribution in [1.82, 2.24) is 20.4 Å². The Morgan fingerprint density at radius 3 is 2.41 bits per heavy atom. The number of nitrogen functional groups attached to an aromatic ring is 1. The van der Waals surface area contributed by atoms with Gasteiger partial charge in [0.2, 0.25) is 5.91 Å². The Kier molecular flexibility index (Phi) is 13.0. The molecule has 0 aliphatic carbocycles. The van der Waals surface area contributed by atoms with Crippen molar-refractivity contribution < 1.29 is 38.5 Å². The lowest BCUT2D eigenvalue weighted by Gasteiger charge is -2.33. The van der Waals surface area contributed by atoms with Gasteiger partial charge >= 0.3 is 0 Å². The van der Waals surface area contributed by atoms with E-state index in [-0.39, 0.29) is 54.7 Å². The number of Topliss-reactive ketones (excluding diaryl/α,β-unsaturated/α-hetero) is 2. The van der Waals surface area contributed by atoms with Crippen molar-refractivity contribution in [1.29, 1.82) is 0 Å². The lowest BCUT2D eigenvalue weighted by Crippen LogP contribution is -2.49. The minimum Gasteiger partial charge on any atom is -0.507 e. The molecule has 54 heavy (non-hydrogen) atoms. The second kappa shape index (κ2) is 18.2. The summed E-state index contributed by atoms with van der Waals surface area (Å²) in [5.74, 6) is 0.142. The van der Waals surface area contributed by atoms with Crippen LogP contribution in [-0.4, -0.2) is 102 Å². The van der Waals surface area contributed by atoms with Gasteiger partial charge < -0.3 is 40.2 Å². The highest BCUT2D eigenvalue weighted by Gasteiger charge is 2.39. The van der Waals surface area contributed by atoms with E-state index in [4.69, 9.17) is 19.9 Å². The van der Waals surface area contributed by atoms with Crippen LogP contribution in [0.4, 0.5) is 11.5 Å². The molecule has 1 atom stereocenters. The summed E-state index contributed by atoms with van der Waals surface area (Å²) in [7, 11) is 0. The molecular weight excluding hydrogens is 692 g/mol. The quantitative estimate of drug-likeness (QED) is 0.161. The third-order valence-corrected chi connectivity index (χ3v) is 10.2. The second-order valence-corrected chi connectivity index (χ2v) is 13.9. The van der Waals surface area contributed by atoms with Crippen LogP contribution in [0.5, 0.6) is 5.75 Å². The highest BCUT2D eigenvalue weighted by molar-refractivity contribution is 6.02. The Labute approximate surface area is 314 Å². The fraction of sp³-hybridized carbons (Fsp3) is 0.450. The van der Waals surface area contributed by atoms with Gasteiger partial charge in [0, 0.05) is 61.8 Å². The van der Waals surface area contributed by atoms with Gasteiger partial charge in [0.15, 0.2) is 11.6 Å². The highest BCUT2D eigenvalue weighted by atomic mass is 16.5. The smallest absolute Gasteiger partial charge is 0.255 e. The molecule has 14 heteroatoms. The number of carbonyl (C=O) groups is 4. The van der Waals surface area contributed by atoms with Crippen molar-refractivity contribution in [3.05, 3.63) is 77.5 Å². The number of nitrogens with two attached hydrogens (primary N) is 1. The molecule has 6 rings (SSSR count). The number of aromatic hydroxyl groups is 1. The molecule has 2 aromatic carbocycles. The molecule has 0 bridgehead atoms. The first-order valence-electron chi connectivity index (χ1n) is 18.5. The highest BCUT2D eigenvalue weighted by Crippen LogP contribution is 2.34. The molecule has 0 saturated carbocycles. The average molecular weight is 741 g/mol. The van der Waals surface area contributed by atoms with E-state index < -0.39 is 6.04 Å². The molecule has 1 unspecified atom stereocenters. The number of ether oxygens (including phenoxy) is 3. The summed E-state index contributed by atoms with van der Waals surface area (Å²) >= 11 is 0. The number of fused-ring (bicyclic) bond motifs is 1. The number of allylic oxidation sites excluding steroid dienone is 1. The first kappa shape index (κ1) is 38.5. The predicted molar refractivity (Wildman–Crippen MR) is 201 cm³/mol. The maximum Gasteiger partial charge on any atom is 0.255 e. The van der Waals surface area contributed by atoms with E-state index in [1.54, 1.807) is 35.2 Å². The van der Waals surface area contributed by atoms with Crippen molar-refractivity contribution in [3.63, 3.8) is 0 Å². The first-order chi connectivity index (χ1) is 26.2. The predicted octanol–water partition coefficient (Wildman–Crippen LogP) is 3.61. The number of phenols is 1. The number of nitrogens with one attached hydrogen (secondary N) is 1. The summed E-state index contributed by atoms with van der Waals surface area (Å²) in [4.78, 5) is 54.9. The molecule has 2 amide bonds. The van der Waals surface area contributed by atoms with Crippen LogP contribution in [0.3, 0.4) is 0 Å². The van der Waals surface area contributed by atoms with Crippen LogP contribution in [0, 0.1) is 5.92 Å². The number of ketones is 2. The van der Waals surface area contributed by atoms with Crippen molar-refractivity contribution in [2.75, 3.05) is 63.4 Å². The largest absolute Gasteiger partial charge is 0.507 e. The van der Waals surface area contributed by atoms with E-state index in [1.165, 1.54) is 0 Å². The van der Waals surface area contributed by atoms with Crippen LogP contribution in [0.2, 0.25) is 0 Å². The summed E-state index contributed by atoms with van der Waals surface area (Å²) in [6.45, 7) is 7.16. The van der Waals surface area contributed by atoms with Crippen LogP contribution in [0.15, 0.2) is 60.8 Å². The van der Waals surface area contributed by atoms with E-state index in [0.717, 1.165) is 29.7 Å². The number of piperidine rings is 2. The van der Waals surface area contributed by atoms with E-state index >= 15 is 0 Å². The number of amides is 2. The number of benzene rings is 2. The Hall–Kier alpha value is -5.18. The van der Waals surface area contributed by atoms with E-state index in [1.807, 2.05) is 18.2 Å². The van der Waals surface area contributed by atoms with Gasteiger partial charge in [-0.25, -0.2) is 0 Å². The van der Waals surface area contributed by atoms with Crippen LogP contribution in [0.25, 0.3) is 11.3 Å². The van der Waals surface area contributed by atoms with Crippen LogP contribution >= 0.6 is 0 Å². The number of anilines is 2. The molecule has 4 N–H and O–H groups in total. The van der Waals surface area contributed by atoms with Crippen molar-refractivity contribution in [3.8, 4) is 17.0 Å². The molecular formula is C40H48N6O8. The molecule has 3 aliphatic rings. The molecule has 2 saturated heterocycles. The van der Waals surface area contributed by atoms with Crippen molar-refractivity contribution in [2.45, 2.75) is 57.5 Å². The van der Waals surface area contributed by atoms with Crippen LogP contribution < -0.4 is 16.0 Å². The normalized spacial score (nSPS) is 17.5. The molecule has 1 aromatic heterocycles. The Morgan fingerprint density at radius 1 is 0.926 bits per heavy atom. The maximum absolute atomic E-state index is 13.1. The summed E-state index contributed by atoms with van der Waals surface area (Å²) in [5, 5.41) is 21.2. The number of para-hydroxylation sites is 1. The Morgan fingerprint density at radius 2 is 1.65 bits per heavy atom.